The fraction of sp³-hybridized carbons (Fsp3) is 0.263. The van der Waals surface area contributed by atoms with Crippen LogP contribution in [0, 0.1) is 5.41 Å². The molecule has 0 saturated carbocycles. The van der Waals surface area contributed by atoms with E-state index in [4.69, 9.17) is 11.1 Å². The molecular formula is C19H22N4O. The molecule has 1 amide bonds. The van der Waals surface area contributed by atoms with E-state index in [0.717, 1.165) is 18.8 Å². The topological polar surface area (TPSA) is 91.0 Å². The largest absolute Gasteiger partial charge is 0.366 e. The van der Waals surface area contributed by atoms with Gasteiger partial charge in [-0.3, -0.25) is 10.2 Å². The number of carbonyl (C=O) groups excluding carboxylic acids is 1. The fourth-order valence-corrected chi connectivity index (χ4v) is 3.04. The van der Waals surface area contributed by atoms with Crippen molar-refractivity contribution in [3.8, 4) is 0 Å². The smallest absolute Gasteiger partial charge is 0.250 e. The summed E-state index contributed by atoms with van der Waals surface area (Å²) in [6.45, 7) is 2.16. The highest BCUT2D eigenvalue weighted by molar-refractivity contribution is 6.28. The highest BCUT2D eigenvalue weighted by Crippen LogP contribution is 2.24. The summed E-state index contributed by atoms with van der Waals surface area (Å²) in [4.78, 5) is 11.3. The van der Waals surface area contributed by atoms with Crippen molar-refractivity contribution in [1.29, 1.82) is 5.41 Å². The second kappa shape index (κ2) is 7.27. The number of amides is 1. The van der Waals surface area contributed by atoms with Gasteiger partial charge in [0.1, 0.15) is 0 Å². The number of benzene rings is 1. The van der Waals surface area contributed by atoms with Gasteiger partial charge in [-0.05, 0) is 49.1 Å². The molecule has 0 radical (unpaired) electrons. The number of hydrogen-bond acceptors (Lipinski definition) is 4. The predicted octanol–water partition coefficient (Wildman–Crippen LogP) is 2.45. The first-order valence-electron chi connectivity index (χ1n) is 8.20. The van der Waals surface area contributed by atoms with Crippen molar-refractivity contribution >= 4 is 17.3 Å². The molecule has 1 saturated heterocycles. The molecule has 2 aliphatic rings. The van der Waals surface area contributed by atoms with Gasteiger partial charge in [-0.25, -0.2) is 0 Å². The lowest BCUT2D eigenvalue weighted by Crippen LogP contribution is -2.28. The Bertz CT molecular complexity index is 722. The van der Waals surface area contributed by atoms with E-state index in [1.165, 1.54) is 18.4 Å². The molecule has 1 aliphatic heterocycles. The van der Waals surface area contributed by atoms with Crippen molar-refractivity contribution in [3.63, 3.8) is 0 Å². The molecule has 124 valence electrons. The highest BCUT2D eigenvalue weighted by Gasteiger charge is 2.17. The van der Waals surface area contributed by atoms with Gasteiger partial charge in [-0.15, -0.1) is 0 Å². The van der Waals surface area contributed by atoms with Crippen molar-refractivity contribution in [2.24, 2.45) is 5.73 Å². The second-order valence-corrected chi connectivity index (χ2v) is 6.09. The number of rotatable bonds is 4. The van der Waals surface area contributed by atoms with Crippen LogP contribution in [0.5, 0.6) is 0 Å². The molecule has 0 bridgehead atoms. The molecular weight excluding hydrogens is 300 g/mol. The van der Waals surface area contributed by atoms with Crippen LogP contribution in [0.3, 0.4) is 0 Å². The van der Waals surface area contributed by atoms with E-state index in [-0.39, 0.29) is 11.3 Å². The zero-order valence-corrected chi connectivity index (χ0v) is 13.5. The van der Waals surface area contributed by atoms with Crippen LogP contribution in [0.1, 0.15) is 24.3 Å². The number of carbonyl (C=O) groups is 1. The molecule has 0 spiro atoms. The summed E-state index contributed by atoms with van der Waals surface area (Å²) in [6, 6.07) is 8.38. The number of piperidine rings is 1. The Labute approximate surface area is 141 Å². The third-order valence-electron chi connectivity index (χ3n) is 4.44. The van der Waals surface area contributed by atoms with Crippen molar-refractivity contribution < 1.29 is 4.79 Å². The molecule has 3 rings (SSSR count). The van der Waals surface area contributed by atoms with Gasteiger partial charge >= 0.3 is 0 Å². The predicted molar refractivity (Wildman–Crippen MR) is 97.1 cm³/mol. The maximum atomic E-state index is 11.3. The summed E-state index contributed by atoms with van der Waals surface area (Å²) in [6.07, 6.45) is 9.25. The van der Waals surface area contributed by atoms with Gasteiger partial charge < -0.3 is 16.4 Å². The molecule has 1 heterocycles. The SMILES string of the molecule is N=C1C(C(N)=O)=CC=C/C1=C/Nc1ccc(C2CCCNC2)cc1. The van der Waals surface area contributed by atoms with Crippen LogP contribution in [0.25, 0.3) is 0 Å². The Hall–Kier alpha value is -2.66. The lowest BCUT2D eigenvalue weighted by molar-refractivity contribution is -0.114. The summed E-state index contributed by atoms with van der Waals surface area (Å²) in [5, 5.41) is 14.7. The molecule has 0 aromatic heterocycles. The lowest BCUT2D eigenvalue weighted by atomic mass is 9.91. The number of nitrogens with two attached hydrogens (primary N) is 1. The molecule has 5 heteroatoms. The quantitative estimate of drug-likeness (QED) is 0.686. The monoisotopic (exact) mass is 322 g/mol. The van der Waals surface area contributed by atoms with Gasteiger partial charge in [0.25, 0.3) is 5.91 Å². The Balaban J connectivity index is 1.66. The summed E-state index contributed by atoms with van der Waals surface area (Å²) in [5.74, 6) is 0.00423. The van der Waals surface area contributed by atoms with E-state index in [2.05, 4.69) is 22.8 Å². The lowest BCUT2D eigenvalue weighted by Gasteiger charge is -2.23. The molecule has 1 fully saturated rings. The standard InChI is InChI=1S/C19H22N4O/c20-18-15(3-1-5-17(18)19(21)24)12-23-16-8-6-13(7-9-16)14-4-2-10-22-11-14/h1,3,5-9,12,14,20,22-23H,2,4,10-11H2,(H2,21,24)/b15-12-,20-18?. The van der Waals surface area contributed by atoms with Crippen LogP contribution in [-0.2, 0) is 4.79 Å². The Morgan fingerprint density at radius 1 is 1.33 bits per heavy atom. The number of primary amides is 1. The van der Waals surface area contributed by atoms with Crippen LogP contribution in [-0.4, -0.2) is 24.7 Å². The van der Waals surface area contributed by atoms with Crippen LogP contribution >= 0.6 is 0 Å². The minimum atomic E-state index is -0.583. The van der Waals surface area contributed by atoms with Gasteiger partial charge in [-0.2, -0.15) is 0 Å². The van der Waals surface area contributed by atoms with E-state index in [0.29, 0.717) is 11.5 Å². The molecule has 1 atom stereocenters. The van der Waals surface area contributed by atoms with Gasteiger partial charge in [0.15, 0.2) is 0 Å². The average molecular weight is 322 g/mol. The van der Waals surface area contributed by atoms with E-state index < -0.39 is 5.91 Å². The van der Waals surface area contributed by atoms with E-state index in [1.54, 1.807) is 24.4 Å². The Kier molecular flexibility index (Phi) is 4.91. The van der Waals surface area contributed by atoms with Crippen molar-refractivity contribution in [1.82, 2.24) is 5.32 Å². The van der Waals surface area contributed by atoms with Gasteiger partial charge in [-0.1, -0.05) is 24.3 Å². The van der Waals surface area contributed by atoms with E-state index in [9.17, 15) is 4.79 Å². The molecule has 1 unspecified atom stereocenters. The summed E-state index contributed by atoms with van der Waals surface area (Å²) in [5.41, 5.74) is 8.58. The van der Waals surface area contributed by atoms with Crippen LogP contribution in [0.4, 0.5) is 5.69 Å². The summed E-state index contributed by atoms with van der Waals surface area (Å²) >= 11 is 0. The second-order valence-electron chi connectivity index (χ2n) is 6.09. The van der Waals surface area contributed by atoms with E-state index in [1.807, 2.05) is 12.1 Å². The van der Waals surface area contributed by atoms with Gasteiger partial charge in [0.05, 0.1) is 11.3 Å². The average Bonchev–Trinajstić information content (AvgIpc) is 2.62. The number of nitrogens with one attached hydrogen (secondary N) is 3. The van der Waals surface area contributed by atoms with Crippen molar-refractivity contribution in [2.45, 2.75) is 18.8 Å². The molecule has 1 aliphatic carbocycles. The number of allylic oxidation sites excluding steroid dienone is 4. The minimum absolute atomic E-state index is 0.141. The highest BCUT2D eigenvalue weighted by atomic mass is 16.1. The van der Waals surface area contributed by atoms with Crippen molar-refractivity contribution in [2.75, 3.05) is 18.4 Å². The summed E-state index contributed by atoms with van der Waals surface area (Å²) < 4.78 is 0. The molecule has 5 nitrogen and oxygen atoms in total. The van der Waals surface area contributed by atoms with Crippen LogP contribution in [0.2, 0.25) is 0 Å². The zero-order valence-electron chi connectivity index (χ0n) is 13.5. The first kappa shape index (κ1) is 16.2. The minimum Gasteiger partial charge on any atom is -0.366 e. The van der Waals surface area contributed by atoms with Gasteiger partial charge in [0.2, 0.25) is 0 Å². The third-order valence-corrected chi connectivity index (χ3v) is 4.44. The maximum absolute atomic E-state index is 11.3. The molecule has 5 N–H and O–H groups in total. The Morgan fingerprint density at radius 3 is 2.79 bits per heavy atom. The first-order valence-corrected chi connectivity index (χ1v) is 8.20. The van der Waals surface area contributed by atoms with Gasteiger partial charge in [0, 0.05) is 24.0 Å². The van der Waals surface area contributed by atoms with E-state index >= 15 is 0 Å². The Morgan fingerprint density at radius 2 is 2.12 bits per heavy atom. The fourth-order valence-electron chi connectivity index (χ4n) is 3.04. The van der Waals surface area contributed by atoms with Crippen molar-refractivity contribution in [3.05, 3.63) is 65.4 Å². The first-order chi connectivity index (χ1) is 11.6. The molecule has 1 aromatic carbocycles. The molecule has 24 heavy (non-hydrogen) atoms. The zero-order chi connectivity index (χ0) is 16.9. The van der Waals surface area contributed by atoms with Crippen LogP contribution < -0.4 is 16.4 Å². The third kappa shape index (κ3) is 3.63. The summed E-state index contributed by atoms with van der Waals surface area (Å²) in [7, 11) is 0. The normalized spacial score (nSPS) is 22.3. The molecule has 1 aromatic rings. The van der Waals surface area contributed by atoms with Crippen LogP contribution in [0.15, 0.2) is 59.8 Å². The maximum Gasteiger partial charge on any atom is 0.250 e. The number of anilines is 1. The number of hydrogen-bond donors (Lipinski definition) is 4.